The van der Waals surface area contributed by atoms with Crippen molar-refractivity contribution in [3.63, 3.8) is 0 Å². The molecule has 0 aliphatic carbocycles. The van der Waals surface area contributed by atoms with Crippen molar-refractivity contribution in [2.45, 2.75) is 19.7 Å². The Balaban J connectivity index is 1.73. The van der Waals surface area contributed by atoms with E-state index < -0.39 is 18.2 Å². The Bertz CT molecular complexity index is 1230. The van der Waals surface area contributed by atoms with E-state index in [0.29, 0.717) is 23.4 Å². The smallest absolute Gasteiger partial charge is 0.373 e. The summed E-state index contributed by atoms with van der Waals surface area (Å²) in [5.41, 5.74) is 7.55. The summed E-state index contributed by atoms with van der Waals surface area (Å²) in [6, 6.07) is 21.8. The zero-order valence-electron chi connectivity index (χ0n) is 20.0. The van der Waals surface area contributed by atoms with E-state index >= 15 is 0 Å². The number of nitrogens with one attached hydrogen (secondary N) is 1. The van der Waals surface area contributed by atoms with Crippen LogP contribution in [0.1, 0.15) is 40.2 Å². The third kappa shape index (κ3) is 7.00. The lowest BCUT2D eigenvalue weighted by molar-refractivity contribution is -0.136. The standard InChI is InChI=1S/C27H28N4O5/c1-3-35-27(34)24(31(2)17-18-7-5-4-6-8-18)30-25(32)20-9-11-21(12-10-20)26(33)36-22-15-13-19(14-16-22)23(28)29/h4-16,25,32H,3,17H2,1-2H3,(H3,28,29). The molecule has 0 fully saturated rings. The van der Waals surface area contributed by atoms with Crippen LogP contribution in [0.15, 0.2) is 83.9 Å². The summed E-state index contributed by atoms with van der Waals surface area (Å²) in [5, 5.41) is 18.1. The molecule has 36 heavy (non-hydrogen) atoms. The largest absolute Gasteiger partial charge is 0.460 e. The zero-order valence-corrected chi connectivity index (χ0v) is 20.0. The number of amidine groups is 2. The fraction of sp³-hybridized carbons (Fsp3) is 0.185. The number of benzene rings is 3. The van der Waals surface area contributed by atoms with Crippen molar-refractivity contribution >= 4 is 23.6 Å². The van der Waals surface area contributed by atoms with Crippen LogP contribution in [0.4, 0.5) is 0 Å². The average molecular weight is 489 g/mol. The van der Waals surface area contributed by atoms with E-state index in [4.69, 9.17) is 20.6 Å². The molecule has 0 saturated carbocycles. The van der Waals surface area contributed by atoms with Gasteiger partial charge in [-0.1, -0.05) is 42.5 Å². The molecule has 0 radical (unpaired) electrons. The molecule has 0 aliphatic rings. The Morgan fingerprint density at radius 3 is 2.19 bits per heavy atom. The quantitative estimate of drug-likeness (QED) is 0.191. The number of nitrogens with two attached hydrogens (primary N) is 1. The molecule has 0 saturated heterocycles. The Hall–Kier alpha value is -4.50. The lowest BCUT2D eigenvalue weighted by atomic mass is 10.1. The van der Waals surface area contributed by atoms with Crippen molar-refractivity contribution in [3.8, 4) is 5.75 Å². The second-order valence-corrected chi connectivity index (χ2v) is 7.84. The van der Waals surface area contributed by atoms with Crippen molar-refractivity contribution in [1.82, 2.24) is 4.90 Å². The first kappa shape index (κ1) is 26.1. The number of hydrogen-bond acceptors (Lipinski definition) is 7. The molecule has 0 aliphatic heterocycles. The number of carbonyl (C=O) groups is 2. The molecule has 9 heteroatoms. The van der Waals surface area contributed by atoms with Gasteiger partial charge in [-0.05, 0) is 48.9 Å². The third-order valence-electron chi connectivity index (χ3n) is 5.15. The Labute approximate surface area is 209 Å². The number of likely N-dealkylation sites (N-methyl/N-ethyl adjacent to an activating group) is 1. The van der Waals surface area contributed by atoms with E-state index in [2.05, 4.69) is 4.99 Å². The SMILES string of the molecule is CCOC(=O)C(=NC(O)c1ccc(C(=O)Oc2ccc(C(=N)N)cc2)cc1)N(C)Cc1ccccc1. The number of aliphatic hydroxyl groups excluding tert-OH is 1. The topological polar surface area (TPSA) is 138 Å². The van der Waals surface area contributed by atoms with Gasteiger partial charge in [-0.25, -0.2) is 14.6 Å². The maximum absolute atomic E-state index is 12.5. The van der Waals surface area contributed by atoms with Gasteiger partial charge >= 0.3 is 11.9 Å². The van der Waals surface area contributed by atoms with Crippen LogP contribution in [0, 0.1) is 5.41 Å². The molecular weight excluding hydrogens is 460 g/mol. The summed E-state index contributed by atoms with van der Waals surface area (Å²) in [5.74, 6) is -1.04. The summed E-state index contributed by atoms with van der Waals surface area (Å²) in [4.78, 5) is 30.8. The predicted octanol–water partition coefficient (Wildman–Crippen LogP) is 3.27. The number of nitrogens with zero attached hydrogens (tertiary/aromatic N) is 2. The molecule has 3 aromatic rings. The van der Waals surface area contributed by atoms with Crippen molar-refractivity contribution in [1.29, 1.82) is 5.41 Å². The van der Waals surface area contributed by atoms with Gasteiger partial charge in [0.2, 0.25) is 5.84 Å². The first-order chi connectivity index (χ1) is 17.3. The van der Waals surface area contributed by atoms with Gasteiger partial charge in [0.25, 0.3) is 0 Å². The number of ether oxygens (including phenoxy) is 2. The van der Waals surface area contributed by atoms with Crippen molar-refractivity contribution < 1.29 is 24.2 Å². The fourth-order valence-electron chi connectivity index (χ4n) is 3.29. The van der Waals surface area contributed by atoms with Crippen LogP contribution < -0.4 is 10.5 Å². The van der Waals surface area contributed by atoms with Crippen LogP contribution in [0.25, 0.3) is 0 Å². The molecule has 3 aromatic carbocycles. The van der Waals surface area contributed by atoms with E-state index in [1.165, 1.54) is 24.3 Å². The highest BCUT2D eigenvalue weighted by molar-refractivity contribution is 6.35. The number of carbonyl (C=O) groups excluding carboxylic acids is 2. The summed E-state index contributed by atoms with van der Waals surface area (Å²) < 4.78 is 10.5. The summed E-state index contributed by atoms with van der Waals surface area (Å²) in [6.07, 6.45) is -1.35. The summed E-state index contributed by atoms with van der Waals surface area (Å²) in [6.45, 7) is 2.25. The highest BCUT2D eigenvalue weighted by atomic mass is 16.5. The van der Waals surface area contributed by atoms with Gasteiger partial charge in [0.05, 0.1) is 12.2 Å². The lowest BCUT2D eigenvalue weighted by Crippen LogP contribution is -2.35. The van der Waals surface area contributed by atoms with Gasteiger partial charge in [0.15, 0.2) is 6.23 Å². The minimum absolute atomic E-state index is 0.0225. The number of aliphatic imine (C=N–C) groups is 1. The van der Waals surface area contributed by atoms with Crippen molar-refractivity contribution in [2.75, 3.05) is 13.7 Å². The summed E-state index contributed by atoms with van der Waals surface area (Å²) >= 11 is 0. The molecular formula is C27H28N4O5. The Morgan fingerprint density at radius 2 is 1.61 bits per heavy atom. The van der Waals surface area contributed by atoms with E-state index in [1.54, 1.807) is 43.1 Å². The predicted molar refractivity (Wildman–Crippen MR) is 136 cm³/mol. The van der Waals surface area contributed by atoms with Crippen molar-refractivity contribution in [2.24, 2.45) is 10.7 Å². The maximum atomic E-state index is 12.5. The van der Waals surface area contributed by atoms with Crippen LogP contribution in [-0.2, 0) is 16.1 Å². The average Bonchev–Trinajstić information content (AvgIpc) is 2.88. The van der Waals surface area contributed by atoms with E-state index in [1.807, 2.05) is 30.3 Å². The van der Waals surface area contributed by atoms with Gasteiger partial charge < -0.3 is 25.2 Å². The van der Waals surface area contributed by atoms with Gasteiger partial charge in [-0.15, -0.1) is 0 Å². The van der Waals surface area contributed by atoms with Gasteiger partial charge in [-0.2, -0.15) is 0 Å². The third-order valence-corrected chi connectivity index (χ3v) is 5.15. The van der Waals surface area contributed by atoms with E-state index in [0.717, 1.165) is 5.56 Å². The van der Waals surface area contributed by atoms with E-state index in [9.17, 15) is 14.7 Å². The van der Waals surface area contributed by atoms with Crippen LogP contribution in [0.2, 0.25) is 0 Å². The highest BCUT2D eigenvalue weighted by Crippen LogP contribution is 2.19. The molecule has 0 heterocycles. The first-order valence-electron chi connectivity index (χ1n) is 11.2. The fourth-order valence-corrected chi connectivity index (χ4v) is 3.29. The van der Waals surface area contributed by atoms with Crippen LogP contribution in [-0.4, -0.2) is 47.3 Å². The van der Waals surface area contributed by atoms with Crippen LogP contribution in [0.3, 0.4) is 0 Å². The molecule has 3 rings (SSSR count). The minimum Gasteiger partial charge on any atom is -0.460 e. The molecule has 186 valence electrons. The molecule has 4 N–H and O–H groups in total. The zero-order chi connectivity index (χ0) is 26.1. The number of aliphatic hydroxyl groups is 1. The monoisotopic (exact) mass is 488 g/mol. The number of rotatable bonds is 8. The molecule has 0 bridgehead atoms. The van der Waals surface area contributed by atoms with Crippen molar-refractivity contribution in [3.05, 3.63) is 101 Å². The Morgan fingerprint density at radius 1 is 1.00 bits per heavy atom. The van der Waals surface area contributed by atoms with Gasteiger partial charge in [0, 0.05) is 24.7 Å². The number of hydrogen-bond donors (Lipinski definition) is 3. The molecule has 1 atom stereocenters. The number of esters is 2. The second-order valence-electron chi connectivity index (χ2n) is 7.84. The minimum atomic E-state index is -1.35. The normalized spacial score (nSPS) is 11.9. The van der Waals surface area contributed by atoms with Gasteiger partial charge in [0.1, 0.15) is 11.6 Å². The molecule has 0 aromatic heterocycles. The molecule has 9 nitrogen and oxygen atoms in total. The van der Waals surface area contributed by atoms with E-state index in [-0.39, 0.29) is 23.8 Å². The molecule has 0 spiro atoms. The molecule has 1 unspecified atom stereocenters. The van der Waals surface area contributed by atoms with Gasteiger partial charge in [-0.3, -0.25) is 5.41 Å². The molecule has 0 amide bonds. The second kappa shape index (κ2) is 12.3. The maximum Gasteiger partial charge on any atom is 0.373 e. The Kier molecular flexibility index (Phi) is 8.90. The number of nitrogen functional groups attached to an aromatic ring is 1. The summed E-state index contributed by atoms with van der Waals surface area (Å²) in [7, 11) is 1.69. The van der Waals surface area contributed by atoms with Crippen LogP contribution in [0.5, 0.6) is 5.75 Å². The lowest BCUT2D eigenvalue weighted by Gasteiger charge is -2.21. The van der Waals surface area contributed by atoms with Crippen LogP contribution >= 0.6 is 0 Å². The highest BCUT2D eigenvalue weighted by Gasteiger charge is 2.21. The first-order valence-corrected chi connectivity index (χ1v) is 11.2.